The smallest absolute Gasteiger partial charge is 0.257 e. The molecule has 0 aliphatic heterocycles. The summed E-state index contributed by atoms with van der Waals surface area (Å²) in [5.74, 6) is -0.0981. The van der Waals surface area contributed by atoms with Gasteiger partial charge in [-0.2, -0.15) is 0 Å². The molecule has 2 aromatic carbocycles. The minimum atomic E-state index is -0.274. The molecule has 0 spiro atoms. The summed E-state index contributed by atoms with van der Waals surface area (Å²) >= 11 is 6.05. The van der Waals surface area contributed by atoms with E-state index in [9.17, 15) is 9.59 Å². The summed E-state index contributed by atoms with van der Waals surface area (Å²) in [6.45, 7) is 1.90. The normalized spacial score (nSPS) is 13.5. The van der Waals surface area contributed by atoms with E-state index in [-0.39, 0.29) is 17.7 Å². The van der Waals surface area contributed by atoms with Crippen LogP contribution in [0.1, 0.15) is 28.8 Å². The number of rotatable bonds is 4. The zero-order chi connectivity index (χ0) is 16.4. The van der Waals surface area contributed by atoms with Crippen LogP contribution < -0.4 is 10.6 Å². The largest absolute Gasteiger partial charge is 0.326 e. The number of amides is 2. The third-order valence-electron chi connectivity index (χ3n) is 3.82. The Kier molecular flexibility index (Phi) is 4.35. The number of nitrogens with one attached hydrogen (secondary N) is 2. The summed E-state index contributed by atoms with van der Waals surface area (Å²) in [6, 6.07) is 12.4. The van der Waals surface area contributed by atoms with Crippen LogP contribution in [0.4, 0.5) is 11.4 Å². The van der Waals surface area contributed by atoms with Crippen molar-refractivity contribution >= 4 is 34.8 Å². The van der Waals surface area contributed by atoms with E-state index in [0.29, 0.717) is 22.0 Å². The maximum Gasteiger partial charge on any atom is 0.257 e. The molecule has 1 saturated carbocycles. The molecule has 0 atom stereocenters. The number of halogens is 1. The number of carbonyl (C=O) groups excluding carboxylic acids is 2. The van der Waals surface area contributed by atoms with Crippen molar-refractivity contribution < 1.29 is 9.59 Å². The molecule has 1 aliphatic rings. The molecule has 1 aliphatic carbocycles. The van der Waals surface area contributed by atoms with Crippen LogP contribution in [0.2, 0.25) is 5.02 Å². The van der Waals surface area contributed by atoms with Crippen LogP contribution in [-0.4, -0.2) is 11.8 Å². The Hall–Kier alpha value is -2.33. The lowest BCUT2D eigenvalue weighted by Crippen LogP contribution is -2.15. The Balaban J connectivity index is 1.77. The second-order valence-electron chi connectivity index (χ2n) is 5.73. The topological polar surface area (TPSA) is 58.2 Å². The molecule has 118 valence electrons. The van der Waals surface area contributed by atoms with Crippen molar-refractivity contribution in [2.45, 2.75) is 19.8 Å². The number of aryl methyl sites for hydroxylation is 1. The minimum Gasteiger partial charge on any atom is -0.326 e. The summed E-state index contributed by atoms with van der Waals surface area (Å²) in [5, 5.41) is 6.13. The predicted octanol–water partition coefficient (Wildman–Crippen LogP) is 4.25. The fourth-order valence-corrected chi connectivity index (χ4v) is 2.48. The van der Waals surface area contributed by atoms with E-state index in [1.54, 1.807) is 30.3 Å². The van der Waals surface area contributed by atoms with Crippen molar-refractivity contribution in [2.75, 3.05) is 10.6 Å². The van der Waals surface area contributed by atoms with Crippen LogP contribution in [0.3, 0.4) is 0 Å². The quantitative estimate of drug-likeness (QED) is 0.881. The van der Waals surface area contributed by atoms with Crippen LogP contribution in [0.15, 0.2) is 42.5 Å². The minimum absolute atomic E-state index is 0.0391. The first-order valence-corrected chi connectivity index (χ1v) is 7.90. The zero-order valence-electron chi connectivity index (χ0n) is 12.7. The molecule has 0 radical (unpaired) electrons. The van der Waals surface area contributed by atoms with Crippen LogP contribution in [0, 0.1) is 12.8 Å². The molecule has 0 heterocycles. The third kappa shape index (κ3) is 3.71. The van der Waals surface area contributed by atoms with E-state index in [1.807, 2.05) is 19.1 Å². The van der Waals surface area contributed by atoms with E-state index >= 15 is 0 Å². The van der Waals surface area contributed by atoms with Crippen molar-refractivity contribution in [2.24, 2.45) is 5.92 Å². The molecular formula is C18H17ClN2O2. The average Bonchev–Trinajstić information content (AvgIpc) is 3.36. The highest BCUT2D eigenvalue weighted by molar-refractivity contribution is 6.34. The van der Waals surface area contributed by atoms with Crippen LogP contribution in [0.25, 0.3) is 0 Å². The lowest BCUT2D eigenvalue weighted by Gasteiger charge is -2.12. The van der Waals surface area contributed by atoms with Gasteiger partial charge in [-0.3, -0.25) is 9.59 Å². The second kappa shape index (κ2) is 6.42. The summed E-state index contributed by atoms with van der Waals surface area (Å²) in [6.07, 6.45) is 1.90. The molecule has 0 unspecified atom stereocenters. The number of carbonyl (C=O) groups is 2. The van der Waals surface area contributed by atoms with E-state index in [0.717, 1.165) is 18.4 Å². The van der Waals surface area contributed by atoms with Gasteiger partial charge in [-0.25, -0.2) is 0 Å². The van der Waals surface area contributed by atoms with Gasteiger partial charge < -0.3 is 10.6 Å². The molecule has 4 nitrogen and oxygen atoms in total. The van der Waals surface area contributed by atoms with E-state index in [4.69, 9.17) is 11.6 Å². The second-order valence-corrected chi connectivity index (χ2v) is 6.13. The van der Waals surface area contributed by atoms with Crippen molar-refractivity contribution in [1.29, 1.82) is 0 Å². The van der Waals surface area contributed by atoms with Gasteiger partial charge in [0.2, 0.25) is 5.91 Å². The van der Waals surface area contributed by atoms with Crippen molar-refractivity contribution in [3.05, 3.63) is 58.6 Å². The monoisotopic (exact) mass is 328 g/mol. The Morgan fingerprint density at radius 3 is 2.52 bits per heavy atom. The van der Waals surface area contributed by atoms with Crippen LogP contribution in [-0.2, 0) is 4.79 Å². The van der Waals surface area contributed by atoms with Gasteiger partial charge in [-0.1, -0.05) is 29.8 Å². The average molecular weight is 329 g/mol. The van der Waals surface area contributed by atoms with Crippen molar-refractivity contribution in [3.8, 4) is 0 Å². The van der Waals surface area contributed by atoms with Gasteiger partial charge in [0.1, 0.15) is 0 Å². The van der Waals surface area contributed by atoms with Gasteiger partial charge >= 0.3 is 0 Å². The highest BCUT2D eigenvalue weighted by Crippen LogP contribution is 2.31. The zero-order valence-corrected chi connectivity index (χ0v) is 13.5. The molecule has 23 heavy (non-hydrogen) atoms. The molecule has 0 aromatic heterocycles. The van der Waals surface area contributed by atoms with Crippen molar-refractivity contribution in [3.63, 3.8) is 0 Å². The summed E-state index contributed by atoms with van der Waals surface area (Å²) in [5.41, 5.74) is 2.67. The third-order valence-corrected chi connectivity index (χ3v) is 4.15. The van der Waals surface area contributed by atoms with E-state index < -0.39 is 0 Å². The summed E-state index contributed by atoms with van der Waals surface area (Å²) in [7, 11) is 0. The summed E-state index contributed by atoms with van der Waals surface area (Å²) in [4.78, 5) is 24.2. The van der Waals surface area contributed by atoms with E-state index in [1.165, 1.54) is 0 Å². The first kappa shape index (κ1) is 15.6. The van der Waals surface area contributed by atoms with Gasteiger partial charge in [0.25, 0.3) is 5.91 Å². The number of hydrogen-bond acceptors (Lipinski definition) is 2. The fourth-order valence-electron chi connectivity index (χ4n) is 2.26. The molecule has 2 amide bonds. The standard InChI is InChI=1S/C18H17ClN2O2/c1-11-6-9-13(20-17(22)12-7-8-12)10-16(11)21-18(23)14-4-2-3-5-15(14)19/h2-6,9-10,12H,7-8H2,1H3,(H,20,22)(H,21,23). The highest BCUT2D eigenvalue weighted by Gasteiger charge is 2.29. The Morgan fingerprint density at radius 1 is 1.09 bits per heavy atom. The van der Waals surface area contributed by atoms with Gasteiger partial charge in [-0.05, 0) is 49.6 Å². The van der Waals surface area contributed by atoms with Gasteiger partial charge in [0.05, 0.1) is 10.6 Å². The fraction of sp³-hybridized carbons (Fsp3) is 0.222. The Morgan fingerprint density at radius 2 is 1.83 bits per heavy atom. The lowest BCUT2D eigenvalue weighted by molar-refractivity contribution is -0.117. The number of anilines is 2. The molecule has 1 fully saturated rings. The van der Waals surface area contributed by atoms with Crippen molar-refractivity contribution in [1.82, 2.24) is 0 Å². The Labute approximate surface area is 139 Å². The number of benzene rings is 2. The van der Waals surface area contributed by atoms with E-state index in [2.05, 4.69) is 10.6 Å². The van der Waals surface area contributed by atoms with Crippen LogP contribution in [0.5, 0.6) is 0 Å². The highest BCUT2D eigenvalue weighted by atomic mass is 35.5. The maximum absolute atomic E-state index is 12.4. The molecule has 0 saturated heterocycles. The first-order chi connectivity index (χ1) is 11.0. The first-order valence-electron chi connectivity index (χ1n) is 7.52. The molecule has 3 rings (SSSR count). The van der Waals surface area contributed by atoms with Gasteiger partial charge in [-0.15, -0.1) is 0 Å². The lowest BCUT2D eigenvalue weighted by atomic mass is 10.1. The SMILES string of the molecule is Cc1ccc(NC(=O)C2CC2)cc1NC(=O)c1ccccc1Cl. The Bertz CT molecular complexity index is 769. The maximum atomic E-state index is 12.4. The van der Waals surface area contributed by atoms with Crippen LogP contribution >= 0.6 is 11.6 Å². The van der Waals surface area contributed by atoms with Gasteiger partial charge in [0.15, 0.2) is 0 Å². The molecular weight excluding hydrogens is 312 g/mol. The molecule has 2 aromatic rings. The molecule has 0 bridgehead atoms. The summed E-state index contributed by atoms with van der Waals surface area (Å²) < 4.78 is 0. The molecule has 2 N–H and O–H groups in total. The molecule has 5 heteroatoms. The predicted molar refractivity (Wildman–Crippen MR) is 91.9 cm³/mol. The number of hydrogen-bond donors (Lipinski definition) is 2. The van der Waals surface area contributed by atoms with Gasteiger partial charge in [0, 0.05) is 17.3 Å².